The molecule has 7 heteroatoms. The second kappa shape index (κ2) is 8.15. The van der Waals surface area contributed by atoms with Gasteiger partial charge in [0.25, 0.3) is 15.0 Å². The van der Waals surface area contributed by atoms with Crippen molar-refractivity contribution < 1.29 is 13.2 Å². The molecule has 4 nitrogen and oxygen atoms in total. The zero-order chi connectivity index (χ0) is 16.0. The fourth-order valence-corrected chi connectivity index (χ4v) is 4.69. The van der Waals surface area contributed by atoms with Crippen molar-refractivity contribution in [3.05, 3.63) is 16.5 Å². The third-order valence-corrected chi connectivity index (χ3v) is 6.86. The predicted molar refractivity (Wildman–Crippen MR) is 87.7 cm³/mol. The van der Waals surface area contributed by atoms with Gasteiger partial charge in [-0.15, -0.1) is 11.3 Å². The Kier molecular flexibility index (Phi) is 7.16. The highest BCUT2D eigenvalue weighted by Crippen LogP contribution is 2.29. The summed E-state index contributed by atoms with van der Waals surface area (Å²) in [7, 11) is 1.56. The van der Waals surface area contributed by atoms with Gasteiger partial charge in [-0.2, -0.15) is 0 Å². The molecule has 1 aromatic rings. The largest absolute Gasteiger partial charge is 0.352 e. The number of carbonyl (C=O) groups excluding carboxylic acids is 1. The van der Waals surface area contributed by atoms with E-state index in [1.165, 1.54) is 0 Å². The Hall–Kier alpha value is -0.590. The highest BCUT2D eigenvalue weighted by Gasteiger charge is 2.22. The second-order valence-corrected chi connectivity index (χ2v) is 8.77. The molecule has 1 aromatic heterocycles. The number of halogens is 1. The zero-order valence-electron chi connectivity index (χ0n) is 12.6. The quantitative estimate of drug-likeness (QED) is 0.722. The Labute approximate surface area is 135 Å². The van der Waals surface area contributed by atoms with Crippen LogP contribution in [0, 0.1) is 12.8 Å². The lowest BCUT2D eigenvalue weighted by molar-refractivity contribution is 0.0945. The standard InChI is InChI=1S/C14H22ClNO3S2/c1-4-6-7-11(5-2)8-16-13(17)12-9-20-14(10(12)3)21(15,18)19/h9,11H,4-8H2,1-3H3,(H,16,17). The SMILES string of the molecule is CCCCC(CC)CNC(=O)c1csc(S(=O)(=O)Cl)c1C. The van der Waals surface area contributed by atoms with Gasteiger partial charge in [0, 0.05) is 22.6 Å². The molecule has 0 saturated carbocycles. The number of hydrogen-bond acceptors (Lipinski definition) is 4. The van der Waals surface area contributed by atoms with Gasteiger partial charge >= 0.3 is 0 Å². The van der Waals surface area contributed by atoms with E-state index in [-0.39, 0.29) is 10.1 Å². The molecule has 0 aliphatic carbocycles. The van der Waals surface area contributed by atoms with Crippen LogP contribution in [0.15, 0.2) is 9.59 Å². The normalized spacial score (nSPS) is 13.1. The number of unbranched alkanes of at least 4 members (excludes halogenated alkanes) is 1. The topological polar surface area (TPSA) is 63.2 Å². The Morgan fingerprint density at radius 2 is 2.10 bits per heavy atom. The van der Waals surface area contributed by atoms with Crippen molar-refractivity contribution in [2.45, 2.75) is 50.7 Å². The monoisotopic (exact) mass is 351 g/mol. The molecule has 120 valence electrons. The molecular weight excluding hydrogens is 330 g/mol. The summed E-state index contributed by atoms with van der Waals surface area (Å²) in [6.07, 6.45) is 4.41. The molecule has 1 atom stereocenters. The summed E-state index contributed by atoms with van der Waals surface area (Å²) in [6.45, 7) is 6.48. The predicted octanol–water partition coefficient (Wildman–Crippen LogP) is 3.93. The van der Waals surface area contributed by atoms with E-state index in [4.69, 9.17) is 10.7 Å². The average Bonchev–Trinajstić information content (AvgIpc) is 2.80. The van der Waals surface area contributed by atoms with Crippen molar-refractivity contribution in [2.24, 2.45) is 5.92 Å². The maximum absolute atomic E-state index is 12.2. The van der Waals surface area contributed by atoms with Gasteiger partial charge in [-0.05, 0) is 24.8 Å². The molecule has 0 aliphatic rings. The summed E-state index contributed by atoms with van der Waals surface area (Å²) in [6, 6.07) is 0. The van der Waals surface area contributed by atoms with Gasteiger partial charge in [0.05, 0.1) is 5.56 Å². The fourth-order valence-electron chi connectivity index (χ4n) is 2.14. The molecule has 1 unspecified atom stereocenters. The van der Waals surface area contributed by atoms with E-state index in [9.17, 15) is 13.2 Å². The molecule has 1 rings (SSSR count). The summed E-state index contributed by atoms with van der Waals surface area (Å²) in [5, 5.41) is 4.44. The van der Waals surface area contributed by atoms with Gasteiger partial charge in [0.1, 0.15) is 4.21 Å². The first-order valence-corrected chi connectivity index (χ1v) is 10.3. The maximum Gasteiger partial charge on any atom is 0.271 e. The average molecular weight is 352 g/mol. The lowest BCUT2D eigenvalue weighted by Crippen LogP contribution is -2.29. The molecule has 0 aromatic carbocycles. The van der Waals surface area contributed by atoms with Crippen LogP contribution in [0.3, 0.4) is 0 Å². The first-order valence-electron chi connectivity index (χ1n) is 7.12. The third kappa shape index (κ3) is 5.27. The van der Waals surface area contributed by atoms with Crippen LogP contribution in [0.1, 0.15) is 55.5 Å². The molecule has 1 N–H and O–H groups in total. The van der Waals surface area contributed by atoms with Crippen molar-refractivity contribution in [1.29, 1.82) is 0 Å². The van der Waals surface area contributed by atoms with Crippen LogP contribution in [0.2, 0.25) is 0 Å². The lowest BCUT2D eigenvalue weighted by atomic mass is 9.99. The van der Waals surface area contributed by atoms with E-state index in [2.05, 4.69) is 19.2 Å². The maximum atomic E-state index is 12.2. The second-order valence-electron chi connectivity index (χ2n) is 5.13. The highest BCUT2D eigenvalue weighted by molar-refractivity contribution is 8.15. The summed E-state index contributed by atoms with van der Waals surface area (Å²) >= 11 is 0.985. The van der Waals surface area contributed by atoms with Crippen molar-refractivity contribution in [2.75, 3.05) is 6.54 Å². The number of carbonyl (C=O) groups is 1. The third-order valence-electron chi connectivity index (χ3n) is 3.55. The van der Waals surface area contributed by atoms with E-state index in [1.54, 1.807) is 12.3 Å². The van der Waals surface area contributed by atoms with Gasteiger partial charge in [0.2, 0.25) is 0 Å². The summed E-state index contributed by atoms with van der Waals surface area (Å²) in [5.74, 6) is 0.231. The van der Waals surface area contributed by atoms with Crippen molar-refractivity contribution in [1.82, 2.24) is 5.32 Å². The molecule has 1 amide bonds. The summed E-state index contributed by atoms with van der Waals surface area (Å²) in [5.41, 5.74) is 0.818. The molecule has 21 heavy (non-hydrogen) atoms. The highest BCUT2D eigenvalue weighted by atomic mass is 35.7. The Morgan fingerprint density at radius 1 is 1.43 bits per heavy atom. The Morgan fingerprint density at radius 3 is 2.57 bits per heavy atom. The van der Waals surface area contributed by atoms with Crippen LogP contribution in [0.25, 0.3) is 0 Å². The van der Waals surface area contributed by atoms with Crippen LogP contribution >= 0.6 is 22.0 Å². The van der Waals surface area contributed by atoms with E-state index in [0.29, 0.717) is 23.6 Å². The van der Waals surface area contributed by atoms with Crippen LogP contribution in [-0.4, -0.2) is 20.9 Å². The van der Waals surface area contributed by atoms with E-state index in [0.717, 1.165) is 37.0 Å². The molecule has 0 spiro atoms. The van der Waals surface area contributed by atoms with Gasteiger partial charge in [-0.1, -0.05) is 33.1 Å². The minimum Gasteiger partial charge on any atom is -0.352 e. The lowest BCUT2D eigenvalue weighted by Gasteiger charge is -2.15. The number of hydrogen-bond donors (Lipinski definition) is 1. The van der Waals surface area contributed by atoms with Gasteiger partial charge < -0.3 is 5.32 Å². The van der Waals surface area contributed by atoms with Gasteiger partial charge in [-0.3, -0.25) is 4.79 Å². The van der Waals surface area contributed by atoms with Crippen molar-refractivity contribution in [3.8, 4) is 0 Å². The number of thiophene rings is 1. The van der Waals surface area contributed by atoms with Crippen molar-refractivity contribution in [3.63, 3.8) is 0 Å². The first kappa shape index (κ1) is 18.5. The molecule has 1 heterocycles. The molecule has 0 saturated heterocycles. The number of nitrogens with one attached hydrogen (secondary N) is 1. The molecule has 0 bridgehead atoms. The number of rotatable bonds is 8. The van der Waals surface area contributed by atoms with Crippen LogP contribution < -0.4 is 5.32 Å². The van der Waals surface area contributed by atoms with E-state index >= 15 is 0 Å². The minimum absolute atomic E-state index is 0.0485. The van der Waals surface area contributed by atoms with Crippen LogP contribution in [0.4, 0.5) is 0 Å². The fraction of sp³-hybridized carbons (Fsp3) is 0.643. The molecule has 0 aliphatic heterocycles. The first-order chi connectivity index (χ1) is 9.81. The summed E-state index contributed by atoms with van der Waals surface area (Å²) in [4.78, 5) is 12.2. The molecular formula is C14H22ClNO3S2. The summed E-state index contributed by atoms with van der Waals surface area (Å²) < 4.78 is 22.8. The Balaban J connectivity index is 2.70. The zero-order valence-corrected chi connectivity index (χ0v) is 15.0. The van der Waals surface area contributed by atoms with Gasteiger partial charge in [0.15, 0.2) is 0 Å². The number of amides is 1. The Bertz CT molecular complexity index is 581. The smallest absolute Gasteiger partial charge is 0.271 e. The van der Waals surface area contributed by atoms with Crippen LogP contribution in [-0.2, 0) is 9.05 Å². The molecule has 0 fully saturated rings. The van der Waals surface area contributed by atoms with E-state index in [1.807, 2.05) is 0 Å². The van der Waals surface area contributed by atoms with E-state index < -0.39 is 9.05 Å². The molecule has 0 radical (unpaired) electrons. The minimum atomic E-state index is -3.78. The van der Waals surface area contributed by atoms with Crippen molar-refractivity contribution >= 4 is 37.0 Å². The van der Waals surface area contributed by atoms with Crippen LogP contribution in [0.5, 0.6) is 0 Å². The van der Waals surface area contributed by atoms with Gasteiger partial charge in [-0.25, -0.2) is 8.42 Å².